The largest absolute Gasteiger partial charge is 0.495 e. The Kier molecular flexibility index (Phi) is 4.47. The smallest absolute Gasteiger partial charge is 0.175 e. The van der Waals surface area contributed by atoms with Crippen molar-refractivity contribution in [3.8, 4) is 5.75 Å². The molecule has 0 unspecified atom stereocenters. The zero-order chi connectivity index (χ0) is 14.5. The summed E-state index contributed by atoms with van der Waals surface area (Å²) in [7, 11) is 1.53. The molecule has 6 heteroatoms. The maximum absolute atomic E-state index is 13.5. The van der Waals surface area contributed by atoms with Gasteiger partial charge in [-0.15, -0.1) is 0 Å². The molecule has 20 heavy (non-hydrogen) atoms. The number of methoxy groups -OCH3 is 1. The molecule has 2 N–H and O–H groups in total. The van der Waals surface area contributed by atoms with Crippen LogP contribution in [-0.4, -0.2) is 12.2 Å². The van der Waals surface area contributed by atoms with Gasteiger partial charge in [0.1, 0.15) is 17.4 Å². The molecule has 2 rings (SSSR count). The summed E-state index contributed by atoms with van der Waals surface area (Å²) in [4.78, 5) is 0. The summed E-state index contributed by atoms with van der Waals surface area (Å²) in [5.41, 5.74) is 0.599. The van der Waals surface area contributed by atoms with E-state index in [0.717, 1.165) is 18.2 Å². The van der Waals surface area contributed by atoms with E-state index in [-0.39, 0.29) is 10.8 Å². The number of hydrogen-bond donors (Lipinski definition) is 2. The topological polar surface area (TPSA) is 33.3 Å². The first-order chi connectivity index (χ1) is 9.60. The first kappa shape index (κ1) is 14.2. The van der Waals surface area contributed by atoms with Crippen LogP contribution in [0.1, 0.15) is 0 Å². The minimum Gasteiger partial charge on any atom is -0.495 e. The molecule has 0 atom stereocenters. The molecule has 0 amide bonds. The zero-order valence-electron chi connectivity index (χ0n) is 10.6. The summed E-state index contributed by atoms with van der Waals surface area (Å²) in [5, 5.41) is 5.60. The van der Waals surface area contributed by atoms with Gasteiger partial charge in [0.25, 0.3) is 0 Å². The number of thiocarbonyl (C=S) groups is 1. The molecule has 2 aromatic rings. The molecule has 0 aliphatic rings. The van der Waals surface area contributed by atoms with Crippen molar-refractivity contribution < 1.29 is 13.5 Å². The quantitative estimate of drug-likeness (QED) is 0.844. The Morgan fingerprint density at radius 2 is 1.75 bits per heavy atom. The standard InChI is InChI=1S/C14H12F2N2OS/c1-19-13-5-3-2-4-11(13)17-14(20)18-12-8-9(15)6-7-10(12)16/h2-8H,1H3,(H2,17,18,20). The molecule has 0 aromatic heterocycles. The molecule has 0 saturated carbocycles. The van der Waals surface area contributed by atoms with Gasteiger partial charge in [-0.1, -0.05) is 12.1 Å². The van der Waals surface area contributed by atoms with Gasteiger partial charge in [0, 0.05) is 6.07 Å². The van der Waals surface area contributed by atoms with Crippen LogP contribution in [0.15, 0.2) is 42.5 Å². The van der Waals surface area contributed by atoms with Crippen LogP contribution in [0, 0.1) is 11.6 Å². The molecule has 2 aromatic carbocycles. The van der Waals surface area contributed by atoms with Gasteiger partial charge < -0.3 is 15.4 Å². The molecule has 0 bridgehead atoms. The van der Waals surface area contributed by atoms with E-state index in [0.29, 0.717) is 11.4 Å². The third kappa shape index (κ3) is 3.42. The second-order valence-electron chi connectivity index (χ2n) is 3.90. The van der Waals surface area contributed by atoms with Crippen LogP contribution < -0.4 is 15.4 Å². The van der Waals surface area contributed by atoms with E-state index in [2.05, 4.69) is 10.6 Å². The van der Waals surface area contributed by atoms with E-state index < -0.39 is 11.6 Å². The van der Waals surface area contributed by atoms with Crippen LogP contribution in [0.5, 0.6) is 5.75 Å². The maximum atomic E-state index is 13.5. The van der Waals surface area contributed by atoms with Gasteiger partial charge in [0.05, 0.1) is 18.5 Å². The second-order valence-corrected chi connectivity index (χ2v) is 4.31. The van der Waals surface area contributed by atoms with Gasteiger partial charge in [-0.25, -0.2) is 8.78 Å². The summed E-state index contributed by atoms with van der Waals surface area (Å²) in [5.74, 6) is -0.541. The van der Waals surface area contributed by atoms with Crippen LogP contribution in [0.2, 0.25) is 0 Å². The van der Waals surface area contributed by atoms with E-state index in [9.17, 15) is 8.78 Å². The van der Waals surface area contributed by atoms with Crippen molar-refractivity contribution >= 4 is 28.7 Å². The molecule has 0 radical (unpaired) electrons. The van der Waals surface area contributed by atoms with E-state index in [1.54, 1.807) is 18.2 Å². The Bertz CT molecular complexity index is 634. The normalized spacial score (nSPS) is 9.95. The van der Waals surface area contributed by atoms with Crippen molar-refractivity contribution in [2.75, 3.05) is 17.7 Å². The number of anilines is 2. The molecule has 0 fully saturated rings. The minimum atomic E-state index is -0.587. The number of ether oxygens (including phenoxy) is 1. The number of nitrogens with one attached hydrogen (secondary N) is 2. The molecule has 0 aliphatic heterocycles. The zero-order valence-corrected chi connectivity index (χ0v) is 11.4. The van der Waals surface area contributed by atoms with Crippen LogP contribution in [0.3, 0.4) is 0 Å². The van der Waals surface area contributed by atoms with Gasteiger partial charge in [-0.3, -0.25) is 0 Å². The van der Waals surface area contributed by atoms with Gasteiger partial charge in [-0.2, -0.15) is 0 Å². The van der Waals surface area contributed by atoms with Crippen LogP contribution in [0.4, 0.5) is 20.2 Å². The predicted molar refractivity (Wildman–Crippen MR) is 79.2 cm³/mol. The number of halogens is 2. The summed E-state index contributed by atoms with van der Waals surface area (Å²) >= 11 is 5.06. The lowest BCUT2D eigenvalue weighted by molar-refractivity contribution is 0.417. The van der Waals surface area contributed by atoms with Crippen LogP contribution in [0.25, 0.3) is 0 Å². The third-order valence-corrected chi connectivity index (χ3v) is 2.74. The predicted octanol–water partition coefficient (Wildman–Crippen LogP) is 3.78. The highest BCUT2D eigenvalue weighted by atomic mass is 32.1. The molecule has 0 spiro atoms. The molecule has 104 valence electrons. The average molecular weight is 294 g/mol. The second kappa shape index (κ2) is 6.29. The van der Waals surface area contributed by atoms with E-state index in [1.807, 2.05) is 6.07 Å². The lowest BCUT2D eigenvalue weighted by Crippen LogP contribution is -2.20. The van der Waals surface area contributed by atoms with Crippen LogP contribution in [-0.2, 0) is 0 Å². The molecule has 0 heterocycles. The number of rotatable bonds is 3. The van der Waals surface area contributed by atoms with Crippen LogP contribution >= 0.6 is 12.2 Å². The fraction of sp³-hybridized carbons (Fsp3) is 0.0714. The molecule has 0 aliphatic carbocycles. The van der Waals surface area contributed by atoms with Crippen molar-refractivity contribution in [2.24, 2.45) is 0 Å². The van der Waals surface area contributed by atoms with E-state index >= 15 is 0 Å². The molecule has 3 nitrogen and oxygen atoms in total. The Labute approximate surface area is 120 Å². The van der Waals surface area contributed by atoms with Gasteiger partial charge in [0.15, 0.2) is 5.11 Å². The fourth-order valence-electron chi connectivity index (χ4n) is 1.62. The monoisotopic (exact) mass is 294 g/mol. The van der Waals surface area contributed by atoms with Crippen molar-refractivity contribution in [1.29, 1.82) is 0 Å². The Balaban J connectivity index is 2.11. The van der Waals surface area contributed by atoms with E-state index in [1.165, 1.54) is 7.11 Å². The summed E-state index contributed by atoms with van der Waals surface area (Å²) in [6.07, 6.45) is 0. The Morgan fingerprint density at radius 1 is 1.05 bits per heavy atom. The SMILES string of the molecule is COc1ccccc1NC(=S)Nc1cc(F)ccc1F. The first-order valence-electron chi connectivity index (χ1n) is 5.76. The summed E-state index contributed by atoms with van der Waals surface area (Å²) < 4.78 is 31.7. The van der Waals surface area contributed by atoms with Crippen molar-refractivity contribution in [3.05, 3.63) is 54.1 Å². The summed E-state index contributed by atoms with van der Waals surface area (Å²) in [6.45, 7) is 0. The molecular weight excluding hydrogens is 282 g/mol. The minimum absolute atomic E-state index is 0.0302. The van der Waals surface area contributed by atoms with Gasteiger partial charge in [0.2, 0.25) is 0 Å². The fourth-order valence-corrected chi connectivity index (χ4v) is 1.84. The number of benzene rings is 2. The highest BCUT2D eigenvalue weighted by Crippen LogP contribution is 2.23. The number of hydrogen-bond acceptors (Lipinski definition) is 2. The average Bonchev–Trinajstić information content (AvgIpc) is 2.43. The van der Waals surface area contributed by atoms with Crippen molar-refractivity contribution in [2.45, 2.75) is 0 Å². The third-order valence-electron chi connectivity index (χ3n) is 2.53. The summed E-state index contributed by atoms with van der Waals surface area (Å²) in [6, 6.07) is 10.2. The van der Waals surface area contributed by atoms with E-state index in [4.69, 9.17) is 17.0 Å². The lowest BCUT2D eigenvalue weighted by atomic mass is 10.3. The number of para-hydroxylation sites is 2. The van der Waals surface area contributed by atoms with Gasteiger partial charge in [-0.05, 0) is 36.5 Å². The highest BCUT2D eigenvalue weighted by molar-refractivity contribution is 7.80. The van der Waals surface area contributed by atoms with Gasteiger partial charge >= 0.3 is 0 Å². The lowest BCUT2D eigenvalue weighted by Gasteiger charge is -2.13. The Hall–Kier alpha value is -2.21. The molecule has 0 saturated heterocycles. The molecular formula is C14H12F2N2OS. The highest BCUT2D eigenvalue weighted by Gasteiger charge is 2.07. The van der Waals surface area contributed by atoms with Crippen molar-refractivity contribution in [3.63, 3.8) is 0 Å². The van der Waals surface area contributed by atoms with Crippen molar-refractivity contribution in [1.82, 2.24) is 0 Å². The Morgan fingerprint density at radius 3 is 2.50 bits per heavy atom. The maximum Gasteiger partial charge on any atom is 0.175 e. The first-order valence-corrected chi connectivity index (χ1v) is 6.17.